The summed E-state index contributed by atoms with van der Waals surface area (Å²) in [4.78, 5) is 11.2. The van der Waals surface area contributed by atoms with Crippen molar-refractivity contribution in [2.45, 2.75) is 0 Å². The first-order valence-electron chi connectivity index (χ1n) is 3.57. The fraction of sp³-hybridized carbons (Fsp3) is 0. The molecule has 0 saturated carbocycles. The van der Waals surface area contributed by atoms with Gasteiger partial charge < -0.3 is 0 Å². The van der Waals surface area contributed by atoms with E-state index in [0.29, 0.717) is 0 Å². The van der Waals surface area contributed by atoms with Crippen LogP contribution in [0.15, 0.2) is 0 Å². The predicted molar refractivity (Wildman–Crippen MR) is 56.2 cm³/mol. The molecule has 0 aromatic heterocycles. The van der Waals surface area contributed by atoms with Gasteiger partial charge in [-0.15, -0.1) is 0 Å². The van der Waals surface area contributed by atoms with Crippen LogP contribution in [0.5, 0.6) is 0 Å². The zero-order chi connectivity index (χ0) is 12.8. The average molecular weight is 276 g/mol. The van der Waals surface area contributed by atoms with Gasteiger partial charge in [0.05, 0.1) is 0 Å². The molecule has 0 unspecified atom stereocenters. The highest BCUT2D eigenvalue weighted by atomic mass is 31.2. The molecule has 14 N–H and O–H groups in total. The van der Waals surface area contributed by atoms with Crippen molar-refractivity contribution in [2.24, 2.45) is 23.4 Å². The summed E-state index contributed by atoms with van der Waals surface area (Å²) in [5.41, 5.74) is 0. The lowest BCUT2D eigenvalue weighted by Gasteiger charge is -2.20. The number of rotatable bonds is 6. The third-order valence-corrected chi connectivity index (χ3v) is 3.74. The monoisotopic (exact) mass is 276 g/mol. The summed E-state index contributed by atoms with van der Waals surface area (Å²) in [5, 5.41) is 10.5. The van der Waals surface area contributed by atoms with Crippen LogP contribution in [0.25, 0.3) is 0 Å². The van der Waals surface area contributed by atoms with Crippen molar-refractivity contribution in [2.75, 3.05) is 0 Å². The smallest absolute Gasteiger partial charge is 0.263 e. The summed E-state index contributed by atoms with van der Waals surface area (Å²) < 4.78 is 22.8. The summed E-state index contributed by atoms with van der Waals surface area (Å²) in [5.74, 6) is 19.4. The second kappa shape index (κ2) is 6.22. The van der Waals surface area contributed by atoms with E-state index in [4.69, 9.17) is 23.4 Å². The van der Waals surface area contributed by atoms with Crippen LogP contribution in [-0.2, 0) is 9.13 Å². The van der Waals surface area contributed by atoms with Crippen molar-refractivity contribution in [1.82, 2.24) is 31.0 Å². The summed E-state index contributed by atoms with van der Waals surface area (Å²) in [7, 11) is -7.42. The molecule has 0 aliphatic carbocycles. The minimum atomic E-state index is -3.71. The molecule has 96 valence electrons. The summed E-state index contributed by atoms with van der Waals surface area (Å²) in [6.45, 7) is 0. The normalized spacial score (nSPS) is 12.2. The van der Waals surface area contributed by atoms with Gasteiger partial charge in [-0.25, -0.2) is 4.79 Å². The Morgan fingerprint density at radius 3 is 1.19 bits per heavy atom. The van der Waals surface area contributed by atoms with Gasteiger partial charge in [-0.1, -0.05) is 0 Å². The fourth-order valence-electron chi connectivity index (χ4n) is 0.515. The Bertz CT molecular complexity index is 282. The second-order valence-electron chi connectivity index (χ2n) is 2.29. The molecule has 16 heavy (non-hydrogen) atoms. The molecule has 0 bridgehead atoms. The van der Waals surface area contributed by atoms with Crippen molar-refractivity contribution < 1.29 is 13.9 Å². The fourth-order valence-corrected chi connectivity index (χ4v) is 1.69. The molecule has 0 spiro atoms. The van der Waals surface area contributed by atoms with E-state index in [-0.39, 0.29) is 0 Å². The Balaban J connectivity index is 4.50. The Morgan fingerprint density at radius 1 is 0.750 bits per heavy atom. The van der Waals surface area contributed by atoms with Crippen LogP contribution in [0.3, 0.4) is 0 Å². The van der Waals surface area contributed by atoms with Gasteiger partial charge >= 0.3 is 21.2 Å². The van der Waals surface area contributed by atoms with Crippen LogP contribution in [0.2, 0.25) is 0 Å². The Labute approximate surface area is 90.4 Å². The first-order chi connectivity index (χ1) is 7.34. The number of carbonyl (C=O) groups is 1. The molecule has 2 amide bonds. The molecule has 0 atom stereocenters. The first-order valence-corrected chi connectivity index (χ1v) is 6.98. The topological polar surface area (TPSA) is 227 Å². The van der Waals surface area contributed by atoms with E-state index >= 15 is 0 Å². The number of carbonyl (C=O) groups excluding carboxylic acids is 1. The highest BCUT2D eigenvalue weighted by molar-refractivity contribution is 7.59. The van der Waals surface area contributed by atoms with E-state index in [1.54, 1.807) is 31.0 Å². The van der Waals surface area contributed by atoms with Gasteiger partial charge in [0, 0.05) is 0 Å². The Kier molecular flexibility index (Phi) is 5.99. The van der Waals surface area contributed by atoms with Gasteiger partial charge in [-0.05, 0) is 0 Å². The third kappa shape index (κ3) is 4.51. The van der Waals surface area contributed by atoms with E-state index in [1.165, 1.54) is 0 Å². The molecule has 0 fully saturated rings. The predicted octanol–water partition coefficient (Wildman–Crippen LogP) is -3.65. The summed E-state index contributed by atoms with van der Waals surface area (Å²) in [6.07, 6.45) is 0. The van der Waals surface area contributed by atoms with Crippen LogP contribution in [0.1, 0.15) is 0 Å². The molecule has 0 aliphatic rings. The Morgan fingerprint density at radius 2 is 1.00 bits per heavy atom. The number of hydrogen-bond donors (Lipinski definition) is 10. The second-order valence-corrected chi connectivity index (χ2v) is 6.20. The number of hydrogen-bond acceptors (Lipinski definition) is 7. The van der Waals surface area contributed by atoms with Gasteiger partial charge in [0.2, 0.25) is 0 Å². The van der Waals surface area contributed by atoms with E-state index in [9.17, 15) is 13.9 Å². The van der Waals surface area contributed by atoms with Crippen LogP contribution in [-0.4, -0.2) is 6.03 Å². The standard InChI is InChI=1S/CH14N10O3P2/c2-8-15(13,9-3)6-1(12)7-16(14,10-4)11-5/h2-5H2,(H6,6,7,8,9,10,11,12,13,14). The zero-order valence-corrected chi connectivity index (χ0v) is 9.72. The average Bonchev–Trinajstić information content (AvgIpc) is 2.28. The van der Waals surface area contributed by atoms with Crippen LogP contribution >= 0.6 is 15.2 Å². The van der Waals surface area contributed by atoms with E-state index in [2.05, 4.69) is 0 Å². The van der Waals surface area contributed by atoms with Gasteiger partial charge in [-0.3, -0.25) is 42.7 Å². The van der Waals surface area contributed by atoms with Crippen LogP contribution < -0.4 is 54.3 Å². The molecular formula is CH14N10O3P2. The van der Waals surface area contributed by atoms with Crippen molar-refractivity contribution in [3.05, 3.63) is 0 Å². The SMILES string of the molecule is NNP(=O)(NN)NC(=O)NP(=O)(NN)NN. The molecule has 0 aromatic rings. The van der Waals surface area contributed by atoms with E-state index in [1.807, 2.05) is 0 Å². The lowest BCUT2D eigenvalue weighted by molar-refractivity contribution is 0.250. The van der Waals surface area contributed by atoms with Gasteiger partial charge in [0.25, 0.3) is 0 Å². The van der Waals surface area contributed by atoms with Gasteiger partial charge in [0.1, 0.15) is 0 Å². The van der Waals surface area contributed by atoms with Gasteiger partial charge in [0.15, 0.2) is 0 Å². The summed E-state index contributed by atoms with van der Waals surface area (Å²) in [6, 6.07) is -1.14. The number of amides is 2. The van der Waals surface area contributed by atoms with Crippen molar-refractivity contribution >= 4 is 21.2 Å². The molecule has 0 heterocycles. The number of urea groups is 1. The van der Waals surface area contributed by atoms with Crippen molar-refractivity contribution in [1.29, 1.82) is 0 Å². The largest absolute Gasteiger partial charge is 0.332 e. The number of nitrogens with two attached hydrogens (primary N) is 4. The lowest BCUT2D eigenvalue weighted by Crippen LogP contribution is -2.48. The Hall–Kier alpha value is -0.590. The maximum Gasteiger partial charge on any atom is 0.332 e. The van der Waals surface area contributed by atoms with E-state index < -0.39 is 21.2 Å². The minimum absolute atomic E-state index is 1.14. The number of hydrazine groups is 4. The molecule has 15 heteroatoms. The quantitative estimate of drug-likeness (QED) is 0.129. The minimum Gasteiger partial charge on any atom is -0.263 e. The molecule has 0 radical (unpaired) electrons. The highest BCUT2D eigenvalue weighted by Gasteiger charge is 2.26. The molecule has 13 nitrogen and oxygen atoms in total. The summed E-state index contributed by atoms with van der Waals surface area (Å²) >= 11 is 0. The highest BCUT2D eigenvalue weighted by Crippen LogP contribution is 2.29. The van der Waals surface area contributed by atoms with Crippen LogP contribution in [0, 0.1) is 0 Å². The first kappa shape index (κ1) is 15.4. The molecule has 0 aliphatic heterocycles. The molecule has 0 rings (SSSR count). The van der Waals surface area contributed by atoms with Crippen molar-refractivity contribution in [3.63, 3.8) is 0 Å². The molecular weight excluding hydrogens is 262 g/mol. The maximum absolute atomic E-state index is 11.4. The van der Waals surface area contributed by atoms with Crippen molar-refractivity contribution in [3.8, 4) is 0 Å². The van der Waals surface area contributed by atoms with Gasteiger partial charge in [-0.2, -0.15) is 20.8 Å². The maximum atomic E-state index is 11.4. The number of nitrogens with one attached hydrogen (secondary N) is 6. The zero-order valence-electron chi connectivity index (χ0n) is 7.93. The lowest BCUT2D eigenvalue weighted by atomic mass is 11.2. The van der Waals surface area contributed by atoms with Crippen LogP contribution in [0.4, 0.5) is 4.79 Å². The third-order valence-electron chi connectivity index (χ3n) is 1.25. The molecule has 0 aromatic carbocycles. The molecule has 0 saturated heterocycles. The van der Waals surface area contributed by atoms with E-state index in [0.717, 1.165) is 0 Å².